The number of rotatable bonds is 3. The van der Waals surface area contributed by atoms with E-state index < -0.39 is 0 Å². The standard InChI is InChI=1S/C30H44N2O3/c1-18(33)31-19-7-9-23(28(2,3)4)24(17-19)35-26-12-10-21-20-8-11-25-29(5,16-14-27(34)32-25)22(20)13-15-30(21,26)6/h7,9,17,20-22,25-26H,8,10-16H2,1-6H3,(H,31,33)(H,32,34)/t20-,21-,22-,25?,26-,29+,30-/m0/s1. The molecule has 5 nitrogen and oxygen atoms in total. The maximum Gasteiger partial charge on any atom is 0.221 e. The highest BCUT2D eigenvalue weighted by molar-refractivity contribution is 5.89. The summed E-state index contributed by atoms with van der Waals surface area (Å²) in [6.07, 6.45) is 9.01. The lowest BCUT2D eigenvalue weighted by atomic mass is 9.47. The molecule has 0 spiro atoms. The Morgan fingerprint density at radius 1 is 1.03 bits per heavy atom. The maximum absolute atomic E-state index is 12.1. The normalized spacial score (nSPS) is 38.6. The number of hydrogen-bond donors (Lipinski definition) is 2. The van der Waals surface area contributed by atoms with Crippen molar-refractivity contribution in [3.8, 4) is 5.75 Å². The number of piperidine rings is 1. The van der Waals surface area contributed by atoms with Gasteiger partial charge in [-0.05, 0) is 85.2 Å². The quantitative estimate of drug-likeness (QED) is 0.540. The van der Waals surface area contributed by atoms with E-state index in [1.807, 2.05) is 12.1 Å². The molecule has 0 radical (unpaired) electrons. The number of carbonyl (C=O) groups excluding carboxylic acids is 2. The Morgan fingerprint density at radius 2 is 1.77 bits per heavy atom. The molecule has 4 fully saturated rings. The average molecular weight is 481 g/mol. The summed E-state index contributed by atoms with van der Waals surface area (Å²) in [5.41, 5.74) is 2.36. The molecule has 35 heavy (non-hydrogen) atoms. The number of fused-ring (bicyclic) bond motifs is 5. The molecule has 7 atom stereocenters. The fourth-order valence-corrected chi connectivity index (χ4v) is 8.52. The van der Waals surface area contributed by atoms with Crippen molar-refractivity contribution >= 4 is 17.5 Å². The summed E-state index contributed by atoms with van der Waals surface area (Å²) >= 11 is 0. The van der Waals surface area contributed by atoms with Crippen LogP contribution >= 0.6 is 0 Å². The van der Waals surface area contributed by atoms with Crippen LogP contribution in [0.1, 0.15) is 98.5 Å². The third-order valence-corrected chi connectivity index (χ3v) is 10.4. The zero-order valence-electron chi connectivity index (χ0n) is 22.5. The minimum absolute atomic E-state index is 0.0426. The van der Waals surface area contributed by atoms with E-state index in [0.717, 1.165) is 36.6 Å². The summed E-state index contributed by atoms with van der Waals surface area (Å²) in [5.74, 6) is 3.21. The average Bonchev–Trinajstić information content (AvgIpc) is 3.09. The van der Waals surface area contributed by atoms with E-state index in [1.165, 1.54) is 31.2 Å². The van der Waals surface area contributed by atoms with Crippen molar-refractivity contribution in [3.63, 3.8) is 0 Å². The van der Waals surface area contributed by atoms with E-state index in [9.17, 15) is 9.59 Å². The zero-order valence-corrected chi connectivity index (χ0v) is 22.5. The number of ether oxygens (including phenoxy) is 1. The van der Waals surface area contributed by atoms with Gasteiger partial charge >= 0.3 is 0 Å². The van der Waals surface area contributed by atoms with Gasteiger partial charge < -0.3 is 15.4 Å². The molecule has 3 saturated carbocycles. The monoisotopic (exact) mass is 480 g/mol. The number of benzene rings is 1. The van der Waals surface area contributed by atoms with Crippen LogP contribution in [0.2, 0.25) is 0 Å². The maximum atomic E-state index is 12.1. The van der Waals surface area contributed by atoms with E-state index >= 15 is 0 Å². The van der Waals surface area contributed by atoms with Gasteiger partial charge in [-0.15, -0.1) is 0 Å². The fraction of sp³-hybridized carbons (Fsp3) is 0.733. The van der Waals surface area contributed by atoms with E-state index in [1.54, 1.807) is 6.92 Å². The number of hydrogen-bond acceptors (Lipinski definition) is 3. The van der Waals surface area contributed by atoms with Crippen LogP contribution in [0.4, 0.5) is 5.69 Å². The topological polar surface area (TPSA) is 67.4 Å². The van der Waals surface area contributed by atoms with Crippen molar-refractivity contribution in [3.05, 3.63) is 23.8 Å². The Bertz CT molecular complexity index is 1010. The fourth-order valence-electron chi connectivity index (χ4n) is 8.52. The second kappa shape index (κ2) is 8.52. The van der Waals surface area contributed by atoms with Crippen LogP contribution in [0.25, 0.3) is 0 Å². The first kappa shape index (κ1) is 24.6. The van der Waals surface area contributed by atoms with Crippen molar-refractivity contribution in [1.82, 2.24) is 5.32 Å². The highest BCUT2D eigenvalue weighted by Gasteiger charge is 2.61. The molecule has 5 rings (SSSR count). The molecule has 192 valence electrons. The predicted octanol–water partition coefficient (Wildman–Crippen LogP) is 6.21. The first-order valence-corrected chi connectivity index (χ1v) is 13.8. The van der Waals surface area contributed by atoms with Gasteiger partial charge in [0.05, 0.1) is 0 Å². The summed E-state index contributed by atoms with van der Waals surface area (Å²) in [6, 6.07) is 6.49. The van der Waals surface area contributed by atoms with Crippen LogP contribution in [0, 0.1) is 28.6 Å². The van der Waals surface area contributed by atoms with Crippen LogP contribution in [0.5, 0.6) is 5.75 Å². The first-order chi connectivity index (χ1) is 16.4. The number of nitrogens with one attached hydrogen (secondary N) is 2. The van der Waals surface area contributed by atoms with E-state index in [4.69, 9.17) is 4.74 Å². The molecule has 2 N–H and O–H groups in total. The van der Waals surface area contributed by atoms with Crippen LogP contribution < -0.4 is 15.4 Å². The van der Waals surface area contributed by atoms with Gasteiger partial charge in [-0.3, -0.25) is 9.59 Å². The molecule has 3 aliphatic carbocycles. The first-order valence-electron chi connectivity index (χ1n) is 13.8. The molecule has 0 bridgehead atoms. The molecule has 1 aromatic rings. The lowest BCUT2D eigenvalue weighted by molar-refractivity contribution is -0.137. The summed E-state index contributed by atoms with van der Waals surface area (Å²) in [4.78, 5) is 23.8. The SMILES string of the molecule is CC(=O)Nc1ccc(C(C)(C)C)c(O[C@H]2CC[C@H]3[C@@H]4CCC5NC(=O)CC[C@]5(C)[C@H]4CC[C@]23C)c1. The zero-order chi connectivity index (χ0) is 25.2. The van der Waals surface area contributed by atoms with Gasteiger partial charge in [0.15, 0.2) is 0 Å². The molecular weight excluding hydrogens is 436 g/mol. The smallest absolute Gasteiger partial charge is 0.221 e. The third-order valence-electron chi connectivity index (χ3n) is 10.4. The van der Waals surface area contributed by atoms with Crippen molar-refractivity contribution in [1.29, 1.82) is 0 Å². The van der Waals surface area contributed by atoms with Gasteiger partial charge in [0.1, 0.15) is 11.9 Å². The molecule has 1 aliphatic heterocycles. The molecule has 2 amide bonds. The highest BCUT2D eigenvalue weighted by atomic mass is 16.5. The van der Waals surface area contributed by atoms with Crippen molar-refractivity contribution in [2.75, 3.05) is 5.32 Å². The van der Waals surface area contributed by atoms with Gasteiger partial charge in [-0.2, -0.15) is 0 Å². The Morgan fingerprint density at radius 3 is 2.49 bits per heavy atom. The summed E-state index contributed by atoms with van der Waals surface area (Å²) in [5, 5.41) is 6.28. The van der Waals surface area contributed by atoms with Crippen molar-refractivity contribution < 1.29 is 14.3 Å². The van der Waals surface area contributed by atoms with Gasteiger partial charge in [0.2, 0.25) is 11.8 Å². The number of anilines is 1. The van der Waals surface area contributed by atoms with Crippen LogP contribution in [-0.2, 0) is 15.0 Å². The molecule has 4 aliphatic rings. The largest absolute Gasteiger partial charge is 0.489 e. The lowest BCUT2D eigenvalue weighted by Gasteiger charge is -2.60. The van der Waals surface area contributed by atoms with Crippen molar-refractivity contribution in [2.45, 2.75) is 110 Å². The molecule has 1 heterocycles. The van der Waals surface area contributed by atoms with Crippen LogP contribution in [0.3, 0.4) is 0 Å². The third kappa shape index (κ3) is 4.17. The molecule has 1 aromatic carbocycles. The lowest BCUT2D eigenvalue weighted by Crippen LogP contribution is -2.61. The Labute approximate surface area is 211 Å². The van der Waals surface area contributed by atoms with Gasteiger partial charge in [0, 0.05) is 36.6 Å². The van der Waals surface area contributed by atoms with E-state index in [-0.39, 0.29) is 34.2 Å². The molecular formula is C30H44N2O3. The van der Waals surface area contributed by atoms with Crippen molar-refractivity contribution in [2.24, 2.45) is 28.6 Å². The van der Waals surface area contributed by atoms with Crippen LogP contribution in [-0.4, -0.2) is 24.0 Å². The summed E-state index contributed by atoms with van der Waals surface area (Å²) in [6.45, 7) is 13.2. The Hall–Kier alpha value is -2.04. The summed E-state index contributed by atoms with van der Waals surface area (Å²) < 4.78 is 6.94. The molecule has 1 unspecified atom stereocenters. The van der Waals surface area contributed by atoms with Gasteiger partial charge in [0.25, 0.3) is 0 Å². The minimum Gasteiger partial charge on any atom is -0.489 e. The Kier molecular flexibility index (Phi) is 6.00. The Balaban J connectivity index is 1.40. The second-order valence-corrected chi connectivity index (χ2v) is 13.5. The summed E-state index contributed by atoms with van der Waals surface area (Å²) in [7, 11) is 0. The van der Waals surface area contributed by atoms with Gasteiger partial charge in [-0.25, -0.2) is 0 Å². The van der Waals surface area contributed by atoms with Crippen LogP contribution in [0.15, 0.2) is 18.2 Å². The number of amides is 2. The predicted molar refractivity (Wildman–Crippen MR) is 139 cm³/mol. The highest BCUT2D eigenvalue weighted by Crippen LogP contribution is 2.64. The van der Waals surface area contributed by atoms with E-state index in [2.05, 4.69) is 51.3 Å². The second-order valence-electron chi connectivity index (χ2n) is 13.5. The number of carbonyl (C=O) groups is 2. The molecule has 0 aromatic heterocycles. The van der Waals surface area contributed by atoms with E-state index in [0.29, 0.717) is 24.3 Å². The van der Waals surface area contributed by atoms with Gasteiger partial charge in [-0.1, -0.05) is 40.7 Å². The minimum atomic E-state index is -0.0614. The molecule has 1 saturated heterocycles. The molecule has 5 heteroatoms.